The normalized spacial score (nSPS) is 12.4. The van der Waals surface area contributed by atoms with Crippen molar-refractivity contribution in [2.24, 2.45) is 0 Å². The highest BCUT2D eigenvalue weighted by Gasteiger charge is 2.14. The van der Waals surface area contributed by atoms with Gasteiger partial charge in [0.1, 0.15) is 0 Å². The van der Waals surface area contributed by atoms with Crippen LogP contribution in [-0.4, -0.2) is 12.0 Å². The van der Waals surface area contributed by atoms with Gasteiger partial charge in [0.2, 0.25) is 0 Å². The number of nitrogens with one attached hydrogen (secondary N) is 1. The van der Waals surface area contributed by atoms with Crippen molar-refractivity contribution in [1.29, 1.82) is 0 Å². The lowest BCUT2D eigenvalue weighted by atomic mass is 9.95. The number of nitrogens with zero attached hydrogens (tertiary/aromatic N) is 1. The molecule has 0 fully saturated rings. The van der Waals surface area contributed by atoms with Crippen LogP contribution in [0.25, 0.3) is 0 Å². The van der Waals surface area contributed by atoms with Crippen LogP contribution in [0.1, 0.15) is 29.7 Å². The smallest absolute Gasteiger partial charge is 0.0595 e. The Morgan fingerprint density at radius 2 is 2.00 bits per heavy atom. The highest BCUT2D eigenvalue weighted by atomic mass is 35.5. The third kappa shape index (κ3) is 3.51. The first-order chi connectivity index (χ1) is 9.65. The van der Waals surface area contributed by atoms with Crippen molar-refractivity contribution < 1.29 is 0 Å². The van der Waals surface area contributed by atoms with Crippen molar-refractivity contribution >= 4 is 23.2 Å². The summed E-state index contributed by atoms with van der Waals surface area (Å²) in [6.45, 7) is 2.15. The van der Waals surface area contributed by atoms with Gasteiger partial charge in [-0.05, 0) is 54.8 Å². The Morgan fingerprint density at radius 1 is 1.20 bits per heavy atom. The van der Waals surface area contributed by atoms with Crippen molar-refractivity contribution in [3.8, 4) is 0 Å². The first kappa shape index (κ1) is 15.3. The zero-order valence-corrected chi connectivity index (χ0v) is 13.2. The molecule has 0 saturated heterocycles. The molecule has 20 heavy (non-hydrogen) atoms. The standard InChI is InChI=1S/C16H18Cl2N2/c1-3-12-10-20-7-6-13(12)16(19-2)9-11-4-5-14(17)15(18)8-11/h4-8,10,16,19H,3,9H2,1-2H3. The second-order valence-electron chi connectivity index (χ2n) is 4.72. The predicted octanol–water partition coefficient (Wildman–Crippen LogP) is 4.45. The van der Waals surface area contributed by atoms with Crippen LogP contribution < -0.4 is 5.32 Å². The number of aromatic nitrogens is 1. The molecule has 1 N–H and O–H groups in total. The molecule has 0 spiro atoms. The molecule has 0 aliphatic rings. The molecule has 1 unspecified atom stereocenters. The number of likely N-dealkylation sites (N-methyl/N-ethyl adjacent to an activating group) is 1. The third-order valence-electron chi connectivity index (χ3n) is 3.47. The summed E-state index contributed by atoms with van der Waals surface area (Å²) in [6.07, 6.45) is 5.62. The van der Waals surface area contributed by atoms with Crippen LogP contribution in [0.4, 0.5) is 0 Å². The Kier molecular flexibility index (Phi) is 5.41. The number of halogens is 2. The molecular formula is C16H18Cl2N2. The number of pyridine rings is 1. The quantitative estimate of drug-likeness (QED) is 0.882. The third-order valence-corrected chi connectivity index (χ3v) is 4.21. The summed E-state index contributed by atoms with van der Waals surface area (Å²) in [5, 5.41) is 4.57. The molecule has 0 aliphatic heterocycles. The van der Waals surface area contributed by atoms with Crippen LogP contribution in [0.2, 0.25) is 10.0 Å². The van der Waals surface area contributed by atoms with Crippen molar-refractivity contribution in [2.75, 3.05) is 7.05 Å². The minimum absolute atomic E-state index is 0.241. The molecule has 0 aliphatic carbocycles. The Hall–Kier alpha value is -1.09. The van der Waals surface area contributed by atoms with Gasteiger partial charge in [0.05, 0.1) is 10.0 Å². The van der Waals surface area contributed by atoms with E-state index in [1.54, 1.807) is 0 Å². The zero-order chi connectivity index (χ0) is 14.5. The van der Waals surface area contributed by atoms with Crippen molar-refractivity contribution in [3.05, 3.63) is 63.4 Å². The maximum Gasteiger partial charge on any atom is 0.0595 e. The van der Waals surface area contributed by atoms with E-state index < -0.39 is 0 Å². The molecule has 0 saturated carbocycles. The van der Waals surface area contributed by atoms with Gasteiger partial charge in [0.15, 0.2) is 0 Å². The monoisotopic (exact) mass is 308 g/mol. The highest BCUT2D eigenvalue weighted by Crippen LogP contribution is 2.26. The second kappa shape index (κ2) is 7.07. The Bertz CT molecular complexity index is 584. The molecule has 1 aromatic carbocycles. The van der Waals surface area contributed by atoms with Gasteiger partial charge in [0.25, 0.3) is 0 Å². The number of hydrogen-bond donors (Lipinski definition) is 1. The maximum absolute atomic E-state index is 6.08. The van der Waals surface area contributed by atoms with Crippen molar-refractivity contribution in [2.45, 2.75) is 25.8 Å². The topological polar surface area (TPSA) is 24.9 Å². The number of hydrogen-bond acceptors (Lipinski definition) is 2. The summed E-state index contributed by atoms with van der Waals surface area (Å²) in [4.78, 5) is 4.20. The van der Waals surface area contributed by atoms with Gasteiger partial charge >= 0.3 is 0 Å². The van der Waals surface area contributed by atoms with Crippen LogP contribution in [0.15, 0.2) is 36.7 Å². The Morgan fingerprint density at radius 3 is 2.65 bits per heavy atom. The largest absolute Gasteiger partial charge is 0.313 e. The van der Waals surface area contributed by atoms with Gasteiger partial charge < -0.3 is 5.32 Å². The van der Waals surface area contributed by atoms with E-state index in [1.165, 1.54) is 11.1 Å². The zero-order valence-electron chi connectivity index (χ0n) is 11.7. The average Bonchev–Trinajstić information content (AvgIpc) is 2.48. The molecular weight excluding hydrogens is 291 g/mol. The molecule has 2 aromatic rings. The fourth-order valence-electron chi connectivity index (χ4n) is 2.34. The molecule has 1 atom stereocenters. The summed E-state index contributed by atoms with van der Waals surface area (Å²) < 4.78 is 0. The van der Waals surface area contributed by atoms with Crippen molar-refractivity contribution in [3.63, 3.8) is 0 Å². The summed E-state index contributed by atoms with van der Waals surface area (Å²) in [7, 11) is 1.97. The van der Waals surface area contributed by atoms with Gasteiger partial charge in [0, 0.05) is 18.4 Å². The molecule has 2 rings (SSSR count). The van der Waals surface area contributed by atoms with Crippen LogP contribution >= 0.6 is 23.2 Å². The fourth-order valence-corrected chi connectivity index (χ4v) is 2.66. The molecule has 0 amide bonds. The molecule has 106 valence electrons. The van der Waals surface area contributed by atoms with Crippen LogP contribution in [0, 0.1) is 0 Å². The Labute approximate surface area is 130 Å². The van der Waals surface area contributed by atoms with E-state index in [0.29, 0.717) is 10.0 Å². The summed E-state index contributed by atoms with van der Waals surface area (Å²) in [5.74, 6) is 0. The number of benzene rings is 1. The van der Waals surface area contributed by atoms with E-state index in [0.717, 1.165) is 18.4 Å². The molecule has 2 nitrogen and oxygen atoms in total. The number of aryl methyl sites for hydroxylation is 1. The predicted molar refractivity (Wildman–Crippen MR) is 85.6 cm³/mol. The maximum atomic E-state index is 6.08. The van der Waals surface area contributed by atoms with E-state index in [1.807, 2.05) is 37.6 Å². The summed E-state index contributed by atoms with van der Waals surface area (Å²) in [6, 6.07) is 8.12. The van der Waals surface area contributed by atoms with Gasteiger partial charge in [-0.3, -0.25) is 4.98 Å². The van der Waals surface area contributed by atoms with E-state index in [2.05, 4.69) is 23.3 Å². The summed E-state index contributed by atoms with van der Waals surface area (Å²) >= 11 is 12.0. The number of rotatable bonds is 5. The van der Waals surface area contributed by atoms with Gasteiger partial charge in [-0.25, -0.2) is 0 Å². The van der Waals surface area contributed by atoms with Gasteiger partial charge in [-0.15, -0.1) is 0 Å². The first-order valence-corrected chi connectivity index (χ1v) is 7.45. The molecule has 1 aromatic heterocycles. The minimum atomic E-state index is 0.241. The van der Waals surface area contributed by atoms with E-state index >= 15 is 0 Å². The molecule has 0 radical (unpaired) electrons. The van der Waals surface area contributed by atoms with E-state index in [9.17, 15) is 0 Å². The molecule has 1 heterocycles. The van der Waals surface area contributed by atoms with Crippen LogP contribution in [-0.2, 0) is 12.8 Å². The lowest BCUT2D eigenvalue weighted by Crippen LogP contribution is -2.20. The Balaban J connectivity index is 2.26. The molecule has 4 heteroatoms. The van der Waals surface area contributed by atoms with Crippen LogP contribution in [0.5, 0.6) is 0 Å². The highest BCUT2D eigenvalue weighted by molar-refractivity contribution is 6.42. The SMILES string of the molecule is CCc1cnccc1C(Cc1ccc(Cl)c(Cl)c1)NC. The van der Waals surface area contributed by atoms with E-state index in [4.69, 9.17) is 23.2 Å². The summed E-state index contributed by atoms with van der Waals surface area (Å²) in [5.41, 5.74) is 3.72. The average molecular weight is 309 g/mol. The van der Waals surface area contributed by atoms with Crippen molar-refractivity contribution in [1.82, 2.24) is 10.3 Å². The van der Waals surface area contributed by atoms with Crippen LogP contribution in [0.3, 0.4) is 0 Å². The van der Waals surface area contributed by atoms with Gasteiger partial charge in [-0.2, -0.15) is 0 Å². The first-order valence-electron chi connectivity index (χ1n) is 6.69. The second-order valence-corrected chi connectivity index (χ2v) is 5.54. The fraction of sp³-hybridized carbons (Fsp3) is 0.312. The van der Waals surface area contributed by atoms with Gasteiger partial charge in [-0.1, -0.05) is 36.2 Å². The minimum Gasteiger partial charge on any atom is -0.313 e. The lowest BCUT2D eigenvalue weighted by Gasteiger charge is -2.19. The van der Waals surface area contributed by atoms with E-state index in [-0.39, 0.29) is 6.04 Å². The lowest BCUT2D eigenvalue weighted by molar-refractivity contribution is 0.586. The molecule has 0 bridgehead atoms.